The van der Waals surface area contributed by atoms with Gasteiger partial charge in [0.15, 0.2) is 0 Å². The first-order valence-electron chi connectivity index (χ1n) is 13.3. The highest BCUT2D eigenvalue weighted by Crippen LogP contribution is 2.54. The first kappa shape index (κ1) is 19.3. The lowest BCUT2D eigenvalue weighted by atomic mass is 9.90. The molecule has 5 aromatic carbocycles. The Kier molecular flexibility index (Phi) is 3.46. The molecule has 0 N–H and O–H groups in total. The molecular weight excluding hydrogens is 432 g/mol. The number of hydrogen-bond donors (Lipinski definition) is 0. The highest BCUT2D eigenvalue weighted by molar-refractivity contribution is 5.96. The Bertz CT molecular complexity index is 1710. The van der Waals surface area contributed by atoms with Crippen LogP contribution in [0.15, 0.2) is 72.8 Å². The Hall–Kier alpha value is -3.90. The highest BCUT2D eigenvalue weighted by atomic mass is 14.4. The van der Waals surface area contributed by atoms with Crippen LogP contribution >= 0.6 is 0 Å². The Balaban J connectivity index is 1.25. The van der Waals surface area contributed by atoms with Gasteiger partial charge < -0.3 is 0 Å². The van der Waals surface area contributed by atoms with Gasteiger partial charge in [-0.15, -0.1) is 0 Å². The van der Waals surface area contributed by atoms with Crippen molar-refractivity contribution in [3.05, 3.63) is 128 Å². The third-order valence-electron chi connectivity index (χ3n) is 9.43. The van der Waals surface area contributed by atoms with Crippen LogP contribution in [0.5, 0.6) is 0 Å². The van der Waals surface area contributed by atoms with Gasteiger partial charge in [0.05, 0.1) is 0 Å². The average Bonchev–Trinajstić information content (AvgIpc) is 3.62. The van der Waals surface area contributed by atoms with Gasteiger partial charge in [-0.3, -0.25) is 0 Å². The summed E-state index contributed by atoms with van der Waals surface area (Å²) in [4.78, 5) is 0. The zero-order valence-corrected chi connectivity index (χ0v) is 20.8. The Morgan fingerprint density at radius 3 is 1.28 bits per heavy atom. The van der Waals surface area contributed by atoms with E-state index in [2.05, 4.69) is 86.6 Å². The van der Waals surface area contributed by atoms with Gasteiger partial charge in [0.2, 0.25) is 0 Å². The second-order valence-corrected chi connectivity index (χ2v) is 11.3. The van der Waals surface area contributed by atoms with Crippen LogP contribution in [0.2, 0.25) is 0 Å². The van der Waals surface area contributed by atoms with Gasteiger partial charge >= 0.3 is 0 Å². The molecule has 0 fully saturated rings. The molecule has 0 heterocycles. The molecule has 0 heteroatoms. The molecule has 0 nitrogen and oxygen atoms in total. The molecule has 0 amide bonds. The van der Waals surface area contributed by atoms with Gasteiger partial charge in [0.25, 0.3) is 0 Å². The van der Waals surface area contributed by atoms with Crippen LogP contribution in [0.25, 0.3) is 44.5 Å². The predicted molar refractivity (Wildman–Crippen MR) is 149 cm³/mol. The Morgan fingerprint density at radius 2 is 0.806 bits per heavy atom. The highest BCUT2D eigenvalue weighted by Gasteiger charge is 2.35. The number of hydrogen-bond acceptors (Lipinski definition) is 0. The molecule has 170 valence electrons. The molecule has 9 rings (SSSR count). The standard InChI is InChI=1S/C36H26/c1-19-13-23-17-29-27(35(23)31-15-21-7-3-5-9-25(21)33(19)31)11-12-28-30(29)18-24-14-20(2)34-26-10-6-4-8-22(26)16-32(34)36(24)28/h3-14H,15-18H2,1-2H3. The molecule has 0 saturated carbocycles. The van der Waals surface area contributed by atoms with Crippen molar-refractivity contribution in [2.24, 2.45) is 0 Å². The summed E-state index contributed by atoms with van der Waals surface area (Å²) in [5.41, 5.74) is 27.2. The van der Waals surface area contributed by atoms with Crippen molar-refractivity contribution in [1.82, 2.24) is 0 Å². The van der Waals surface area contributed by atoms with Gasteiger partial charge in [0.1, 0.15) is 0 Å². The van der Waals surface area contributed by atoms with Crippen LogP contribution in [0.1, 0.15) is 55.6 Å². The van der Waals surface area contributed by atoms with Gasteiger partial charge in [-0.2, -0.15) is 0 Å². The molecule has 0 saturated heterocycles. The summed E-state index contributed by atoms with van der Waals surface area (Å²) >= 11 is 0. The van der Waals surface area contributed by atoms with Crippen LogP contribution in [0, 0.1) is 13.8 Å². The number of aryl methyl sites for hydroxylation is 2. The minimum absolute atomic E-state index is 1.07. The van der Waals surface area contributed by atoms with Gasteiger partial charge in [-0.25, -0.2) is 0 Å². The molecule has 0 unspecified atom stereocenters. The summed E-state index contributed by atoms with van der Waals surface area (Å²) in [7, 11) is 0. The van der Waals surface area contributed by atoms with Crippen molar-refractivity contribution in [2.45, 2.75) is 39.5 Å². The number of benzene rings is 5. The van der Waals surface area contributed by atoms with Crippen molar-refractivity contribution in [3.63, 3.8) is 0 Å². The average molecular weight is 459 g/mol. The van der Waals surface area contributed by atoms with E-state index in [1.165, 1.54) is 77.9 Å². The van der Waals surface area contributed by atoms with Gasteiger partial charge in [-0.1, -0.05) is 72.8 Å². The van der Waals surface area contributed by atoms with E-state index in [0.29, 0.717) is 0 Å². The maximum absolute atomic E-state index is 2.49. The quantitative estimate of drug-likeness (QED) is 0.213. The second-order valence-electron chi connectivity index (χ2n) is 11.3. The molecule has 4 aliphatic carbocycles. The smallest absolute Gasteiger partial charge is 0.000708 e. The van der Waals surface area contributed by atoms with Crippen LogP contribution in [-0.2, 0) is 25.7 Å². The minimum atomic E-state index is 1.07. The third-order valence-corrected chi connectivity index (χ3v) is 9.43. The zero-order valence-electron chi connectivity index (χ0n) is 20.8. The minimum Gasteiger partial charge on any atom is -0.0619 e. The van der Waals surface area contributed by atoms with Crippen molar-refractivity contribution >= 4 is 0 Å². The van der Waals surface area contributed by atoms with E-state index >= 15 is 0 Å². The molecule has 4 aliphatic rings. The van der Waals surface area contributed by atoms with E-state index in [9.17, 15) is 0 Å². The van der Waals surface area contributed by atoms with Crippen LogP contribution < -0.4 is 0 Å². The molecule has 0 bridgehead atoms. The van der Waals surface area contributed by atoms with Crippen molar-refractivity contribution < 1.29 is 0 Å². The fraction of sp³-hybridized carbons (Fsp3) is 0.167. The second kappa shape index (κ2) is 6.45. The molecule has 0 aliphatic heterocycles. The molecule has 0 radical (unpaired) electrons. The van der Waals surface area contributed by atoms with E-state index in [1.807, 2.05) is 0 Å². The largest absolute Gasteiger partial charge is 0.0619 e. The molecule has 0 aromatic heterocycles. The fourth-order valence-corrected chi connectivity index (χ4v) is 8.14. The van der Waals surface area contributed by atoms with E-state index < -0.39 is 0 Å². The van der Waals surface area contributed by atoms with E-state index in [1.54, 1.807) is 22.3 Å². The monoisotopic (exact) mass is 458 g/mol. The van der Waals surface area contributed by atoms with Crippen molar-refractivity contribution in [2.75, 3.05) is 0 Å². The van der Waals surface area contributed by atoms with E-state index in [-0.39, 0.29) is 0 Å². The number of rotatable bonds is 0. The van der Waals surface area contributed by atoms with Crippen molar-refractivity contribution in [3.8, 4) is 44.5 Å². The van der Waals surface area contributed by atoms with E-state index in [0.717, 1.165) is 25.7 Å². The third kappa shape index (κ3) is 2.22. The zero-order chi connectivity index (χ0) is 23.7. The van der Waals surface area contributed by atoms with Crippen LogP contribution in [0.4, 0.5) is 0 Å². The molecule has 5 aromatic rings. The maximum atomic E-state index is 2.49. The topological polar surface area (TPSA) is 0 Å². The lowest BCUT2D eigenvalue weighted by Crippen LogP contribution is -1.93. The summed E-state index contributed by atoms with van der Waals surface area (Å²) in [6, 6.07) is 27.9. The van der Waals surface area contributed by atoms with Gasteiger partial charge in [-0.05, 0) is 140 Å². The summed E-state index contributed by atoms with van der Waals surface area (Å²) < 4.78 is 0. The molecule has 0 spiro atoms. The Labute approximate surface area is 212 Å². The molecule has 36 heavy (non-hydrogen) atoms. The lowest BCUT2D eigenvalue weighted by Gasteiger charge is -2.14. The van der Waals surface area contributed by atoms with Crippen molar-refractivity contribution in [1.29, 1.82) is 0 Å². The summed E-state index contributed by atoms with van der Waals surface area (Å²) in [5, 5.41) is 0. The first-order valence-corrected chi connectivity index (χ1v) is 13.3. The molecule has 0 atom stereocenters. The lowest BCUT2D eigenvalue weighted by molar-refractivity contribution is 1.15. The number of fused-ring (bicyclic) bond motifs is 15. The first-order chi connectivity index (χ1) is 17.7. The summed E-state index contributed by atoms with van der Waals surface area (Å²) in [6.07, 6.45) is 4.29. The maximum Gasteiger partial charge on any atom is -0.000708 e. The fourth-order valence-electron chi connectivity index (χ4n) is 8.14. The van der Waals surface area contributed by atoms with Crippen LogP contribution in [0.3, 0.4) is 0 Å². The molecular formula is C36H26. The summed E-state index contributed by atoms with van der Waals surface area (Å²) in [6.45, 7) is 4.63. The van der Waals surface area contributed by atoms with Crippen LogP contribution in [-0.4, -0.2) is 0 Å². The summed E-state index contributed by atoms with van der Waals surface area (Å²) in [5.74, 6) is 0. The SMILES string of the molecule is Cc1cc2c(c3c1-c1ccccc1C3)-c1ccc3c(c1C2)Cc1cc(C)c2c(c1-3)Cc1ccccc1-2. The Morgan fingerprint density at radius 1 is 0.389 bits per heavy atom. The predicted octanol–water partition coefficient (Wildman–Crippen LogP) is 8.59. The van der Waals surface area contributed by atoms with Gasteiger partial charge in [0, 0.05) is 0 Å². The normalized spacial score (nSPS) is 14.5. The van der Waals surface area contributed by atoms with E-state index in [4.69, 9.17) is 0 Å².